The van der Waals surface area contributed by atoms with Crippen LogP contribution in [0, 0.1) is 25.2 Å². The van der Waals surface area contributed by atoms with E-state index in [9.17, 15) is 0 Å². The van der Waals surface area contributed by atoms with Crippen molar-refractivity contribution in [2.75, 3.05) is 0 Å². The highest BCUT2D eigenvalue weighted by atomic mass is 16.3. The number of pyridine rings is 1. The molecule has 0 atom stereocenters. The maximum atomic E-state index is 9.10. The van der Waals surface area contributed by atoms with Gasteiger partial charge in [0.1, 0.15) is 18.2 Å². The summed E-state index contributed by atoms with van der Waals surface area (Å²) in [5, 5.41) is 11.3. The quantitative estimate of drug-likeness (QED) is 0.483. The summed E-state index contributed by atoms with van der Waals surface area (Å²) in [5.41, 5.74) is 6.98. The van der Waals surface area contributed by atoms with Gasteiger partial charge in [-0.05, 0) is 49.7 Å². The third-order valence-corrected chi connectivity index (χ3v) is 4.64. The molecule has 0 fully saturated rings. The lowest BCUT2D eigenvalue weighted by atomic mass is 9.96. The van der Waals surface area contributed by atoms with Gasteiger partial charge >= 0.3 is 0 Å². The van der Waals surface area contributed by atoms with Gasteiger partial charge < -0.3 is 4.42 Å². The summed E-state index contributed by atoms with van der Waals surface area (Å²) in [5.74, 6) is 0. The lowest BCUT2D eigenvalue weighted by Gasteiger charge is -2.08. The van der Waals surface area contributed by atoms with Crippen LogP contribution < -0.4 is 4.57 Å². The van der Waals surface area contributed by atoms with Crippen molar-refractivity contribution < 1.29 is 8.98 Å². The van der Waals surface area contributed by atoms with Gasteiger partial charge in [0.05, 0.1) is 17.2 Å². The van der Waals surface area contributed by atoms with Crippen LogP contribution in [-0.4, -0.2) is 0 Å². The number of benzene rings is 2. The molecule has 0 radical (unpaired) electrons. The topological polar surface area (TPSA) is 40.8 Å². The minimum atomic E-state index is 0.616. The Kier molecular flexibility index (Phi) is 3.14. The van der Waals surface area contributed by atoms with E-state index < -0.39 is 0 Å². The molecule has 0 unspecified atom stereocenters. The first-order valence-corrected chi connectivity index (χ1v) is 7.91. The smallest absolute Gasteiger partial charge is 0.212 e. The molecule has 0 aliphatic rings. The molecule has 0 N–H and O–H groups in total. The summed E-state index contributed by atoms with van der Waals surface area (Å²) < 4.78 is 8.24. The number of nitrogens with zero attached hydrogens (tertiary/aromatic N) is 2. The summed E-state index contributed by atoms with van der Waals surface area (Å²) in [4.78, 5) is 0. The van der Waals surface area contributed by atoms with Crippen LogP contribution in [0.1, 0.15) is 16.7 Å². The molecule has 4 aromatic rings. The Morgan fingerprint density at radius 1 is 1.04 bits per heavy atom. The Hall–Kier alpha value is -3.12. The van der Waals surface area contributed by atoms with Gasteiger partial charge in [0.25, 0.3) is 0 Å². The average molecular weight is 313 g/mol. The highest BCUT2D eigenvalue weighted by Gasteiger charge is 2.20. The number of nitriles is 1. The second-order valence-corrected chi connectivity index (χ2v) is 6.19. The van der Waals surface area contributed by atoms with Crippen LogP contribution in [0.4, 0.5) is 0 Å². The minimum absolute atomic E-state index is 0.616. The standard InChI is InChI=1S/C21H17N2O/c1-13-10-17-16-8-7-15(12-22)11-19(16)24-21(17)14(2)20(13)18-6-4-5-9-23(18)3/h4-11H,1-3H3/q+1. The number of hydrogen-bond donors (Lipinski definition) is 0. The van der Waals surface area contributed by atoms with Crippen LogP contribution >= 0.6 is 0 Å². The predicted octanol–water partition coefficient (Wildman–Crippen LogP) is 4.57. The number of furan rings is 1. The lowest BCUT2D eigenvalue weighted by molar-refractivity contribution is -0.660. The van der Waals surface area contributed by atoms with Crippen LogP contribution in [0.15, 0.2) is 53.1 Å². The first-order chi connectivity index (χ1) is 11.6. The molecule has 2 aromatic carbocycles. The summed E-state index contributed by atoms with van der Waals surface area (Å²) in [6.07, 6.45) is 2.05. The molecule has 0 saturated carbocycles. The van der Waals surface area contributed by atoms with Gasteiger partial charge in [-0.15, -0.1) is 0 Å². The van der Waals surface area contributed by atoms with E-state index in [1.807, 2.05) is 24.3 Å². The van der Waals surface area contributed by atoms with E-state index in [0.29, 0.717) is 5.56 Å². The van der Waals surface area contributed by atoms with E-state index in [0.717, 1.165) is 33.2 Å². The van der Waals surface area contributed by atoms with Crippen LogP contribution in [0.2, 0.25) is 0 Å². The first-order valence-electron chi connectivity index (χ1n) is 7.91. The number of rotatable bonds is 1. The van der Waals surface area contributed by atoms with Crippen molar-refractivity contribution in [2.24, 2.45) is 7.05 Å². The van der Waals surface area contributed by atoms with Gasteiger partial charge in [-0.25, -0.2) is 4.57 Å². The van der Waals surface area contributed by atoms with Crippen molar-refractivity contribution in [3.05, 3.63) is 65.4 Å². The SMILES string of the molecule is Cc1cc2c(oc3cc(C#N)ccc32)c(C)c1-c1cccc[n+]1C. The molecular formula is C21H17N2O+. The Balaban J connectivity index is 2.10. The minimum Gasteiger partial charge on any atom is -0.456 e. The predicted molar refractivity (Wildman–Crippen MR) is 94.5 cm³/mol. The first kappa shape index (κ1) is 14.5. The molecule has 0 spiro atoms. The zero-order chi connectivity index (χ0) is 16.8. The summed E-state index contributed by atoms with van der Waals surface area (Å²) in [7, 11) is 2.05. The molecule has 116 valence electrons. The molecule has 0 saturated heterocycles. The number of aryl methyl sites for hydroxylation is 3. The Morgan fingerprint density at radius 3 is 2.62 bits per heavy atom. The Morgan fingerprint density at radius 2 is 1.88 bits per heavy atom. The van der Waals surface area contributed by atoms with E-state index in [1.54, 1.807) is 0 Å². The van der Waals surface area contributed by atoms with Crippen molar-refractivity contribution in [3.8, 4) is 17.3 Å². The van der Waals surface area contributed by atoms with Crippen LogP contribution in [0.25, 0.3) is 33.2 Å². The third kappa shape index (κ3) is 2.00. The number of aromatic nitrogens is 1. The fourth-order valence-corrected chi connectivity index (χ4v) is 3.48. The maximum absolute atomic E-state index is 9.10. The highest BCUT2D eigenvalue weighted by molar-refractivity contribution is 6.08. The summed E-state index contributed by atoms with van der Waals surface area (Å²) in [6.45, 7) is 4.24. The zero-order valence-corrected chi connectivity index (χ0v) is 13.9. The molecule has 2 aromatic heterocycles. The van der Waals surface area contributed by atoms with Crippen LogP contribution in [0.5, 0.6) is 0 Å². The number of fused-ring (bicyclic) bond motifs is 3. The molecule has 3 heteroatoms. The average Bonchev–Trinajstić information content (AvgIpc) is 2.94. The van der Waals surface area contributed by atoms with Gasteiger partial charge in [-0.2, -0.15) is 5.26 Å². The molecular weight excluding hydrogens is 296 g/mol. The van der Waals surface area contributed by atoms with Gasteiger partial charge in [0, 0.05) is 28.5 Å². The number of hydrogen-bond acceptors (Lipinski definition) is 2. The molecule has 0 amide bonds. The third-order valence-electron chi connectivity index (χ3n) is 4.64. The molecule has 4 rings (SSSR count). The normalized spacial score (nSPS) is 11.1. The largest absolute Gasteiger partial charge is 0.456 e. The zero-order valence-electron chi connectivity index (χ0n) is 13.9. The highest BCUT2D eigenvalue weighted by Crippen LogP contribution is 2.37. The fourth-order valence-electron chi connectivity index (χ4n) is 3.48. The van der Waals surface area contributed by atoms with Gasteiger partial charge in [0.2, 0.25) is 5.69 Å². The van der Waals surface area contributed by atoms with Crippen molar-refractivity contribution >= 4 is 21.9 Å². The van der Waals surface area contributed by atoms with Crippen molar-refractivity contribution in [1.29, 1.82) is 5.26 Å². The van der Waals surface area contributed by atoms with Crippen molar-refractivity contribution in [2.45, 2.75) is 13.8 Å². The van der Waals surface area contributed by atoms with Crippen LogP contribution in [0.3, 0.4) is 0 Å². The molecule has 0 aliphatic heterocycles. The monoisotopic (exact) mass is 313 g/mol. The molecule has 0 bridgehead atoms. The second kappa shape index (κ2) is 5.21. The van der Waals surface area contributed by atoms with Gasteiger partial charge in [0.15, 0.2) is 6.20 Å². The lowest BCUT2D eigenvalue weighted by Crippen LogP contribution is -2.30. The van der Waals surface area contributed by atoms with E-state index in [-0.39, 0.29) is 0 Å². The summed E-state index contributed by atoms with van der Waals surface area (Å²) in [6, 6.07) is 16.2. The van der Waals surface area contributed by atoms with Crippen molar-refractivity contribution in [3.63, 3.8) is 0 Å². The van der Waals surface area contributed by atoms with E-state index in [2.05, 4.69) is 55.9 Å². The second-order valence-electron chi connectivity index (χ2n) is 6.19. The van der Waals surface area contributed by atoms with E-state index in [1.165, 1.54) is 11.1 Å². The van der Waals surface area contributed by atoms with Gasteiger partial charge in [-0.1, -0.05) is 0 Å². The van der Waals surface area contributed by atoms with E-state index in [4.69, 9.17) is 9.68 Å². The maximum Gasteiger partial charge on any atom is 0.212 e. The summed E-state index contributed by atoms with van der Waals surface area (Å²) >= 11 is 0. The van der Waals surface area contributed by atoms with E-state index >= 15 is 0 Å². The van der Waals surface area contributed by atoms with Crippen molar-refractivity contribution in [1.82, 2.24) is 0 Å². The van der Waals surface area contributed by atoms with Gasteiger partial charge in [-0.3, -0.25) is 0 Å². The molecule has 3 nitrogen and oxygen atoms in total. The fraction of sp³-hybridized carbons (Fsp3) is 0.143. The Bertz CT molecular complexity index is 1150. The Labute approximate surface area is 140 Å². The van der Waals surface area contributed by atoms with Crippen LogP contribution in [-0.2, 0) is 7.05 Å². The molecule has 0 aliphatic carbocycles. The molecule has 2 heterocycles. The molecule has 24 heavy (non-hydrogen) atoms.